The molecule has 7 N–H and O–H groups in total. The lowest BCUT2D eigenvalue weighted by molar-refractivity contribution is 0.186. The van der Waals surface area contributed by atoms with Crippen molar-refractivity contribution in [1.29, 1.82) is 5.26 Å². The Labute approximate surface area is 578 Å². The fraction of sp³-hybridized carbons (Fsp3) is 0.273. The van der Waals surface area contributed by atoms with Gasteiger partial charge in [-0.1, -0.05) is 33.6 Å². The zero-order chi connectivity index (χ0) is 69.2. The molecule has 0 radical (unpaired) electrons. The fourth-order valence-electron chi connectivity index (χ4n) is 11.0. The van der Waals surface area contributed by atoms with Crippen molar-refractivity contribution in [2.75, 3.05) is 122 Å². The van der Waals surface area contributed by atoms with Crippen molar-refractivity contribution in [2.45, 2.75) is 32.7 Å². The maximum atomic E-state index is 14.0. The molecule has 5 aliphatic rings. The molecule has 0 atom stereocenters. The number of hydrogen-bond acceptors (Lipinski definition) is 21. The molecule has 0 aliphatic carbocycles. The summed E-state index contributed by atoms with van der Waals surface area (Å²) < 4.78 is 84.4. The van der Waals surface area contributed by atoms with Crippen molar-refractivity contribution in [3.8, 4) is 40.6 Å². The van der Waals surface area contributed by atoms with Crippen molar-refractivity contribution in [3.05, 3.63) is 190 Å². The van der Waals surface area contributed by atoms with E-state index in [2.05, 4.69) is 101 Å². The van der Waals surface area contributed by atoms with E-state index in [0.717, 1.165) is 76.7 Å². The Kier molecular flexibility index (Phi) is 23.0. The molecule has 0 saturated carbocycles. The Morgan fingerprint density at radius 3 is 1.47 bits per heavy atom. The second-order valence-corrected chi connectivity index (χ2v) is 23.4. The van der Waals surface area contributed by atoms with Gasteiger partial charge in [0, 0.05) is 47.2 Å². The molecular formula is C66H67BrClF3N18O10. The standard InChI is InChI=1S/C14H15ClN4O3.C14H15FN4O3.C13H11FN4O.C13H15N3O2.C12H11BrFN3O/c1-21-14(20)18-9-4-11(15)13-12(5-9)19(2-3-22-13)7-10-6-16-8-17-10;1-21-14(20)18-11-5-12-13(4-10(11)15)22-3-2-19(12)7-9-6-16-8-17-9;14-11-3-9(5-15)4-12-13(11)19-2-1-18(12)7-10-6-16-8-17-10;1-17-11-3-2-4-12-13(11)16(5-6-18-12)8-10-7-14-9-15-10;13-8-3-10(14)12-11(4-8)17(1-2-18-12)6-9-5-15-7-16-9/h2*4-6,8H,2-3,7H2,1H3,(H,16,17)(H,18,20);3-4,6,8H,1-2,7H2,(H,16,17);2-4,7,9H,5-6,8H2,1H3,(H,14,15);3-5,7H,1-2,6H2,(H,15,16). The SMILES string of the molecule is COC(=O)Nc1cc(Cl)c2c(c1)N(Cc1cnc[nH]1)CCO2.COC(=O)Nc1cc2c(cc1F)OCCN2Cc1cnc[nH]1.COc1cccc2c1N(Cc1cnc[nH]1)CCO2.Fc1cc(Br)cc2c1OCCN2Cc1cnc[nH]1.N#Cc1cc(F)c2c(c1)N(Cc1cnc[nH]1)CCO2. The van der Waals surface area contributed by atoms with Gasteiger partial charge in [-0.05, 0) is 54.6 Å². The molecule has 516 valence electrons. The number of anilines is 7. The van der Waals surface area contributed by atoms with Crippen LogP contribution >= 0.6 is 27.5 Å². The van der Waals surface area contributed by atoms with Gasteiger partial charge in [-0.15, -0.1) is 0 Å². The van der Waals surface area contributed by atoms with Gasteiger partial charge in [0.1, 0.15) is 56.0 Å². The Morgan fingerprint density at radius 1 is 0.535 bits per heavy atom. The van der Waals surface area contributed by atoms with E-state index < -0.39 is 23.8 Å². The predicted molar refractivity (Wildman–Crippen MR) is 364 cm³/mol. The smallest absolute Gasteiger partial charge is 0.411 e. The van der Waals surface area contributed by atoms with Crippen LogP contribution in [0.25, 0.3) is 0 Å². The van der Waals surface area contributed by atoms with Gasteiger partial charge in [0.15, 0.2) is 34.7 Å². The Hall–Kier alpha value is -11.5. The summed E-state index contributed by atoms with van der Waals surface area (Å²) >= 11 is 9.56. The average molecular weight is 1440 g/mol. The van der Waals surface area contributed by atoms with Crippen LogP contribution in [-0.4, -0.2) is 149 Å². The molecular weight excluding hydrogens is 1380 g/mol. The Balaban J connectivity index is 0.000000125. The van der Waals surface area contributed by atoms with Gasteiger partial charge in [0.05, 0.1) is 192 Å². The average Bonchev–Trinajstić information content (AvgIpc) is 1.61. The van der Waals surface area contributed by atoms with Crippen LogP contribution in [0.5, 0.6) is 34.5 Å². The minimum Gasteiger partial charge on any atom is -0.494 e. The summed E-state index contributed by atoms with van der Waals surface area (Å²) in [7, 11) is 4.21. The second kappa shape index (κ2) is 33.0. The number of methoxy groups -OCH3 is 3. The summed E-state index contributed by atoms with van der Waals surface area (Å²) in [6.45, 7) is 9.41. The first-order valence-electron chi connectivity index (χ1n) is 30.8. The molecule has 0 bridgehead atoms. The molecule has 5 aliphatic heterocycles. The van der Waals surface area contributed by atoms with Gasteiger partial charge in [0.25, 0.3) is 0 Å². The molecule has 0 fully saturated rings. The monoisotopic (exact) mass is 1440 g/mol. The third-order valence-corrected chi connectivity index (χ3v) is 16.3. The molecule has 5 aromatic heterocycles. The number of nitrogens with one attached hydrogen (secondary N) is 7. The molecule has 0 unspecified atom stereocenters. The van der Waals surface area contributed by atoms with E-state index in [-0.39, 0.29) is 22.8 Å². The highest BCUT2D eigenvalue weighted by molar-refractivity contribution is 9.10. The molecule has 2 amide bonds. The van der Waals surface area contributed by atoms with E-state index in [9.17, 15) is 22.8 Å². The summed E-state index contributed by atoms with van der Waals surface area (Å²) in [6, 6.07) is 20.2. The topological polar surface area (TPSA) is 315 Å². The number of rotatable bonds is 13. The zero-order valence-electron chi connectivity index (χ0n) is 53.6. The molecule has 10 aromatic rings. The van der Waals surface area contributed by atoms with Crippen LogP contribution < -0.4 is 63.6 Å². The van der Waals surface area contributed by atoms with Crippen LogP contribution in [0, 0.1) is 28.8 Å². The number of amides is 2. The number of carbonyl (C=O) groups is 2. The maximum absolute atomic E-state index is 14.0. The van der Waals surface area contributed by atoms with Crippen molar-refractivity contribution in [1.82, 2.24) is 49.8 Å². The summed E-state index contributed by atoms with van der Waals surface area (Å²) in [5, 5.41) is 14.3. The van der Waals surface area contributed by atoms with Crippen LogP contribution in [0.1, 0.15) is 34.0 Å². The number of benzene rings is 5. The number of carbonyl (C=O) groups excluding carboxylic acids is 2. The largest absolute Gasteiger partial charge is 0.494 e. The van der Waals surface area contributed by atoms with Crippen molar-refractivity contribution < 1.29 is 60.7 Å². The second-order valence-electron chi connectivity index (χ2n) is 22.0. The molecule has 15 rings (SSSR count). The number of para-hydroxylation sites is 1. The Bertz CT molecular complexity index is 4330. The van der Waals surface area contributed by atoms with Crippen molar-refractivity contribution >= 4 is 79.5 Å². The van der Waals surface area contributed by atoms with Crippen LogP contribution in [0.15, 0.2) is 134 Å². The number of aromatic amines is 5. The van der Waals surface area contributed by atoms with Gasteiger partial charge in [-0.2, -0.15) is 5.26 Å². The van der Waals surface area contributed by atoms with E-state index in [4.69, 9.17) is 45.3 Å². The van der Waals surface area contributed by atoms with Crippen molar-refractivity contribution in [3.63, 3.8) is 0 Å². The summed E-state index contributed by atoms with van der Waals surface area (Å²) in [4.78, 5) is 68.3. The number of nitriles is 1. The lowest BCUT2D eigenvalue weighted by Crippen LogP contribution is -2.32. The highest BCUT2D eigenvalue weighted by Gasteiger charge is 2.28. The first-order valence-corrected chi connectivity index (χ1v) is 31.9. The highest BCUT2D eigenvalue weighted by Crippen LogP contribution is 2.44. The molecule has 10 heterocycles. The third kappa shape index (κ3) is 17.6. The molecule has 5 aromatic carbocycles. The molecule has 0 spiro atoms. The van der Waals surface area contributed by atoms with Gasteiger partial charge in [0.2, 0.25) is 0 Å². The lowest BCUT2D eigenvalue weighted by atomic mass is 10.1. The number of ether oxygens (including phenoxy) is 8. The normalized spacial score (nSPS) is 13.6. The van der Waals surface area contributed by atoms with Crippen LogP contribution in [-0.2, 0) is 42.2 Å². The van der Waals surface area contributed by atoms with E-state index in [1.807, 2.05) is 52.4 Å². The number of imidazole rings is 5. The first-order chi connectivity index (χ1) is 48.2. The van der Waals surface area contributed by atoms with Gasteiger partial charge >= 0.3 is 12.2 Å². The zero-order valence-corrected chi connectivity index (χ0v) is 56.0. The molecule has 0 saturated heterocycles. The third-order valence-electron chi connectivity index (χ3n) is 15.6. The molecule has 33 heteroatoms. The van der Waals surface area contributed by atoms with E-state index in [0.29, 0.717) is 123 Å². The molecule has 99 heavy (non-hydrogen) atoms. The lowest BCUT2D eigenvalue weighted by Gasteiger charge is -2.32. The summed E-state index contributed by atoms with van der Waals surface area (Å²) in [5.74, 6) is 1.90. The van der Waals surface area contributed by atoms with Crippen LogP contribution in [0.2, 0.25) is 5.02 Å². The maximum Gasteiger partial charge on any atom is 0.411 e. The number of halogens is 5. The van der Waals surface area contributed by atoms with E-state index in [1.54, 1.807) is 75.7 Å². The highest BCUT2D eigenvalue weighted by atomic mass is 79.9. The van der Waals surface area contributed by atoms with Gasteiger partial charge < -0.3 is 87.3 Å². The van der Waals surface area contributed by atoms with Gasteiger partial charge in [-0.3, -0.25) is 10.6 Å². The summed E-state index contributed by atoms with van der Waals surface area (Å²) in [6.07, 6.45) is 15.7. The minimum atomic E-state index is -0.726. The van der Waals surface area contributed by atoms with Crippen LogP contribution in [0.4, 0.5) is 62.6 Å². The van der Waals surface area contributed by atoms with Crippen LogP contribution in [0.3, 0.4) is 0 Å². The number of hydrogen-bond donors (Lipinski definition) is 7. The fourth-order valence-corrected chi connectivity index (χ4v) is 11.7. The minimum absolute atomic E-state index is 0.0470. The van der Waals surface area contributed by atoms with E-state index in [1.165, 1.54) is 38.5 Å². The number of H-pyrrole nitrogens is 5. The van der Waals surface area contributed by atoms with Gasteiger partial charge in [-0.25, -0.2) is 47.7 Å². The van der Waals surface area contributed by atoms with Crippen molar-refractivity contribution in [2.24, 2.45) is 0 Å². The molecule has 28 nitrogen and oxygen atoms in total. The predicted octanol–water partition coefficient (Wildman–Crippen LogP) is 11.1. The quantitative estimate of drug-likeness (QED) is 0.0564. The Morgan fingerprint density at radius 2 is 0.980 bits per heavy atom. The number of nitrogens with zero attached hydrogens (tertiary/aromatic N) is 11. The number of aromatic nitrogens is 10. The summed E-state index contributed by atoms with van der Waals surface area (Å²) in [5.41, 5.74) is 9.70. The first kappa shape index (κ1) is 68.9. The van der Waals surface area contributed by atoms with E-state index >= 15 is 0 Å². The number of fused-ring (bicyclic) bond motifs is 5.